The van der Waals surface area contributed by atoms with Crippen LogP contribution in [0.2, 0.25) is 0 Å². The Morgan fingerprint density at radius 2 is 1.87 bits per heavy atom. The number of benzene rings is 1. The third-order valence-electron chi connectivity index (χ3n) is 4.82. The lowest BCUT2D eigenvalue weighted by molar-refractivity contribution is -0.157. The summed E-state index contributed by atoms with van der Waals surface area (Å²) in [6, 6.07) is 5.21. The average Bonchev–Trinajstić information content (AvgIpc) is 2.67. The minimum Gasteiger partial charge on any atom is -0.481 e. The van der Waals surface area contributed by atoms with Crippen LogP contribution in [0.25, 0.3) is 11.0 Å². The molecule has 0 bridgehead atoms. The highest BCUT2D eigenvalue weighted by molar-refractivity contribution is 5.96. The number of fused-ring (bicyclic) bond motifs is 1. The molecule has 0 unspecified atom stereocenters. The zero-order chi connectivity index (χ0) is 16.8. The summed E-state index contributed by atoms with van der Waals surface area (Å²) in [5.41, 5.74) is 1.00. The molecule has 1 amide bonds. The lowest BCUT2D eigenvalue weighted by Crippen LogP contribution is -2.41. The number of nitrogens with zero attached hydrogens (tertiary/aromatic N) is 2. The number of imidazole rings is 1. The van der Waals surface area contributed by atoms with Gasteiger partial charge in [-0.2, -0.15) is 0 Å². The van der Waals surface area contributed by atoms with Gasteiger partial charge in [-0.25, -0.2) is 4.79 Å². The van der Waals surface area contributed by atoms with E-state index in [1.165, 1.54) is 9.13 Å². The minimum absolute atomic E-state index is 0.0198. The zero-order valence-electron chi connectivity index (χ0n) is 13.1. The molecule has 7 nitrogen and oxygen atoms in total. The van der Waals surface area contributed by atoms with Crippen LogP contribution in [0.3, 0.4) is 0 Å². The molecular weight excluding hydrogens is 298 g/mol. The Morgan fingerprint density at radius 1 is 1.22 bits per heavy atom. The predicted molar refractivity (Wildman–Crippen MR) is 85.3 cm³/mol. The quantitative estimate of drug-likeness (QED) is 0.893. The van der Waals surface area contributed by atoms with Crippen LogP contribution in [0, 0.1) is 5.41 Å². The van der Waals surface area contributed by atoms with Gasteiger partial charge in [0.25, 0.3) is 0 Å². The molecule has 2 N–H and O–H groups in total. The van der Waals surface area contributed by atoms with E-state index >= 15 is 0 Å². The van der Waals surface area contributed by atoms with Crippen LogP contribution >= 0.6 is 0 Å². The number of anilines is 1. The summed E-state index contributed by atoms with van der Waals surface area (Å²) < 4.78 is 3.05. The van der Waals surface area contributed by atoms with Gasteiger partial charge in [0, 0.05) is 26.2 Å². The number of hydrogen-bond donors (Lipinski definition) is 2. The summed E-state index contributed by atoms with van der Waals surface area (Å²) in [4.78, 5) is 35.4. The van der Waals surface area contributed by atoms with Crippen molar-refractivity contribution in [1.29, 1.82) is 0 Å². The largest absolute Gasteiger partial charge is 0.481 e. The fourth-order valence-corrected chi connectivity index (χ4v) is 3.17. The highest BCUT2D eigenvalue weighted by atomic mass is 16.4. The van der Waals surface area contributed by atoms with E-state index in [0.717, 1.165) is 11.9 Å². The maximum atomic E-state index is 12.2. The highest BCUT2D eigenvalue weighted by Crippen LogP contribution is 2.44. The van der Waals surface area contributed by atoms with Crippen LogP contribution in [0.4, 0.5) is 5.69 Å². The summed E-state index contributed by atoms with van der Waals surface area (Å²) in [6.45, 7) is 0. The van der Waals surface area contributed by atoms with Crippen molar-refractivity contribution in [1.82, 2.24) is 9.13 Å². The van der Waals surface area contributed by atoms with Crippen molar-refractivity contribution in [3.8, 4) is 0 Å². The van der Waals surface area contributed by atoms with Crippen molar-refractivity contribution in [2.45, 2.75) is 25.7 Å². The second kappa shape index (κ2) is 5.26. The smallest absolute Gasteiger partial charge is 0.328 e. The molecule has 1 heterocycles. The van der Waals surface area contributed by atoms with Gasteiger partial charge in [0.05, 0.1) is 16.4 Å². The Morgan fingerprint density at radius 3 is 2.43 bits per heavy atom. The first-order valence-electron chi connectivity index (χ1n) is 7.53. The normalized spacial score (nSPS) is 16.1. The maximum absolute atomic E-state index is 12.2. The molecule has 0 radical (unpaired) electrons. The molecule has 1 aromatic heterocycles. The third-order valence-corrected chi connectivity index (χ3v) is 4.82. The summed E-state index contributed by atoms with van der Waals surface area (Å²) in [5, 5.41) is 12.0. The number of hydrogen-bond acceptors (Lipinski definition) is 3. The van der Waals surface area contributed by atoms with E-state index in [1.54, 1.807) is 32.3 Å². The van der Waals surface area contributed by atoms with Crippen molar-refractivity contribution in [2.24, 2.45) is 19.5 Å². The van der Waals surface area contributed by atoms with E-state index in [0.29, 0.717) is 24.0 Å². The minimum atomic E-state index is -0.909. The zero-order valence-corrected chi connectivity index (χ0v) is 13.1. The molecule has 1 aliphatic carbocycles. The van der Waals surface area contributed by atoms with E-state index in [2.05, 4.69) is 5.32 Å². The summed E-state index contributed by atoms with van der Waals surface area (Å²) >= 11 is 0. The first-order chi connectivity index (χ1) is 10.8. The Hall–Kier alpha value is -2.57. The van der Waals surface area contributed by atoms with E-state index in [4.69, 9.17) is 0 Å². The van der Waals surface area contributed by atoms with Gasteiger partial charge in [-0.05, 0) is 31.0 Å². The molecule has 1 fully saturated rings. The van der Waals surface area contributed by atoms with Gasteiger partial charge in [0.15, 0.2) is 0 Å². The third kappa shape index (κ3) is 2.42. The Bertz CT molecular complexity index is 858. The fraction of sp³-hybridized carbons (Fsp3) is 0.438. The number of carbonyl (C=O) groups excluding carboxylic acids is 1. The number of aliphatic carboxylic acids is 1. The van der Waals surface area contributed by atoms with Gasteiger partial charge in [0.1, 0.15) is 0 Å². The van der Waals surface area contributed by atoms with Crippen molar-refractivity contribution in [2.75, 3.05) is 5.32 Å². The number of carbonyl (C=O) groups is 2. The number of rotatable bonds is 4. The van der Waals surface area contributed by atoms with Gasteiger partial charge < -0.3 is 10.4 Å². The Kier molecular flexibility index (Phi) is 3.50. The molecule has 0 saturated heterocycles. The first kappa shape index (κ1) is 15.3. The van der Waals surface area contributed by atoms with Gasteiger partial charge >= 0.3 is 11.7 Å². The van der Waals surface area contributed by atoms with Crippen LogP contribution in [0.15, 0.2) is 23.0 Å². The van der Waals surface area contributed by atoms with Gasteiger partial charge in [-0.15, -0.1) is 0 Å². The molecule has 1 aliphatic rings. The maximum Gasteiger partial charge on any atom is 0.328 e. The topological polar surface area (TPSA) is 93.3 Å². The van der Waals surface area contributed by atoms with E-state index in [1.807, 2.05) is 0 Å². The molecular formula is C16H19N3O4. The van der Waals surface area contributed by atoms with Crippen LogP contribution in [-0.2, 0) is 23.7 Å². The molecule has 1 aromatic carbocycles. The number of amides is 1. The fourth-order valence-electron chi connectivity index (χ4n) is 3.17. The second-order valence-electron chi connectivity index (χ2n) is 6.27. The highest BCUT2D eigenvalue weighted by Gasteiger charge is 2.45. The summed E-state index contributed by atoms with van der Waals surface area (Å²) in [5.74, 6) is -1.22. The van der Waals surface area contributed by atoms with Crippen molar-refractivity contribution in [3.63, 3.8) is 0 Å². The Balaban J connectivity index is 1.82. The number of aryl methyl sites for hydroxylation is 2. The van der Waals surface area contributed by atoms with Gasteiger partial charge in [0.2, 0.25) is 5.91 Å². The molecule has 122 valence electrons. The average molecular weight is 317 g/mol. The molecule has 23 heavy (non-hydrogen) atoms. The molecule has 2 aromatic rings. The number of nitrogens with one attached hydrogen (secondary N) is 1. The second-order valence-corrected chi connectivity index (χ2v) is 6.27. The monoisotopic (exact) mass is 317 g/mol. The standard InChI is InChI=1S/C16H19N3O4/c1-18-11-5-4-10(8-12(11)19(2)15(18)23)17-13(20)9-16(14(21)22)6-3-7-16/h4-5,8H,3,6-7,9H2,1-2H3,(H,17,20)(H,21,22). The molecule has 0 aliphatic heterocycles. The molecule has 0 spiro atoms. The summed E-state index contributed by atoms with van der Waals surface area (Å²) in [7, 11) is 3.36. The van der Waals surface area contributed by atoms with Crippen LogP contribution < -0.4 is 11.0 Å². The van der Waals surface area contributed by atoms with Crippen LogP contribution in [0.1, 0.15) is 25.7 Å². The SMILES string of the molecule is Cn1c(=O)n(C)c2cc(NC(=O)CC3(C(=O)O)CCC3)ccc21. The van der Waals surface area contributed by atoms with E-state index < -0.39 is 11.4 Å². The van der Waals surface area contributed by atoms with Crippen LogP contribution in [-0.4, -0.2) is 26.1 Å². The molecule has 0 atom stereocenters. The summed E-state index contributed by atoms with van der Waals surface area (Å²) in [6.07, 6.45) is 1.91. The number of carboxylic acid groups (broad SMARTS) is 1. The van der Waals surface area contributed by atoms with Gasteiger partial charge in [-0.1, -0.05) is 6.42 Å². The molecule has 3 rings (SSSR count). The lowest BCUT2D eigenvalue weighted by Gasteiger charge is -2.36. The first-order valence-corrected chi connectivity index (χ1v) is 7.53. The van der Waals surface area contributed by atoms with Gasteiger partial charge in [-0.3, -0.25) is 18.7 Å². The van der Waals surface area contributed by atoms with Crippen LogP contribution in [0.5, 0.6) is 0 Å². The van der Waals surface area contributed by atoms with Crippen molar-refractivity contribution >= 4 is 28.6 Å². The van der Waals surface area contributed by atoms with Crippen molar-refractivity contribution in [3.05, 3.63) is 28.7 Å². The Labute approximate surface area is 132 Å². The van der Waals surface area contributed by atoms with E-state index in [-0.39, 0.29) is 18.0 Å². The predicted octanol–water partition coefficient (Wildman–Crippen LogP) is 1.46. The lowest BCUT2D eigenvalue weighted by atomic mass is 9.66. The number of aromatic nitrogens is 2. The number of carboxylic acids is 1. The molecule has 1 saturated carbocycles. The van der Waals surface area contributed by atoms with Crippen molar-refractivity contribution < 1.29 is 14.7 Å². The molecule has 7 heteroatoms. The van der Waals surface area contributed by atoms with E-state index in [9.17, 15) is 19.5 Å².